The number of benzene rings is 3. The summed E-state index contributed by atoms with van der Waals surface area (Å²) in [7, 11) is 1.27. The summed E-state index contributed by atoms with van der Waals surface area (Å²) in [5.41, 5.74) is 1.83. The van der Waals surface area contributed by atoms with Gasteiger partial charge >= 0.3 is 0 Å². The largest absolute Gasteiger partial charge is 0.497 e. The molecule has 0 radical (unpaired) electrons. The van der Waals surface area contributed by atoms with Gasteiger partial charge in [0.2, 0.25) is 11.8 Å². The third kappa shape index (κ3) is 8.39. The van der Waals surface area contributed by atoms with Gasteiger partial charge in [-0.25, -0.2) is 8.42 Å². The van der Waals surface area contributed by atoms with Gasteiger partial charge in [0.15, 0.2) is 11.5 Å². The van der Waals surface area contributed by atoms with Crippen molar-refractivity contribution in [3.05, 3.63) is 71.8 Å². The van der Waals surface area contributed by atoms with Crippen LogP contribution in [0.25, 0.3) is 0 Å². The monoisotopic (exact) mass is 641 g/mol. The smallest absolute Gasteiger partial charge is 0.265 e. The van der Waals surface area contributed by atoms with Crippen LogP contribution in [0.1, 0.15) is 37.8 Å². The Labute approximate surface area is 266 Å². The average Bonchev–Trinajstić information content (AvgIpc) is 3.05. The molecule has 0 saturated heterocycles. The van der Waals surface area contributed by atoms with Crippen LogP contribution in [0.15, 0.2) is 65.6 Å². The van der Waals surface area contributed by atoms with Gasteiger partial charge in [-0.2, -0.15) is 0 Å². The fourth-order valence-electron chi connectivity index (χ4n) is 4.70. The van der Waals surface area contributed by atoms with E-state index in [0.29, 0.717) is 18.0 Å². The zero-order chi connectivity index (χ0) is 33.1. The van der Waals surface area contributed by atoms with E-state index >= 15 is 0 Å². The van der Waals surface area contributed by atoms with Gasteiger partial charge in [0, 0.05) is 25.2 Å². The van der Waals surface area contributed by atoms with Crippen molar-refractivity contribution in [3.63, 3.8) is 0 Å². The third-order valence-electron chi connectivity index (χ3n) is 7.48. The average molecular weight is 642 g/mol. The van der Waals surface area contributed by atoms with E-state index < -0.39 is 28.5 Å². The van der Waals surface area contributed by atoms with Crippen LogP contribution < -0.4 is 28.6 Å². The predicted molar refractivity (Wildman–Crippen MR) is 173 cm³/mol. The van der Waals surface area contributed by atoms with Crippen LogP contribution in [-0.2, 0) is 26.2 Å². The topological polar surface area (TPSA) is 124 Å². The molecule has 3 aromatic carbocycles. The maximum absolute atomic E-state index is 14.4. The minimum Gasteiger partial charge on any atom is -0.497 e. The highest BCUT2D eigenvalue weighted by molar-refractivity contribution is 7.92. The number of methoxy groups -OCH3 is 4. The number of anilines is 1. The summed E-state index contributed by atoms with van der Waals surface area (Å²) in [5, 5.41) is 2.89. The molecule has 0 aliphatic rings. The molecule has 3 rings (SSSR count). The molecule has 2 amide bonds. The van der Waals surface area contributed by atoms with Crippen molar-refractivity contribution in [2.45, 2.75) is 51.1 Å². The molecule has 45 heavy (non-hydrogen) atoms. The molecule has 1 atom stereocenters. The second-order valence-electron chi connectivity index (χ2n) is 10.3. The molecular formula is C33H43N3O8S. The van der Waals surface area contributed by atoms with Crippen LogP contribution in [0.3, 0.4) is 0 Å². The number of hydrogen-bond acceptors (Lipinski definition) is 8. The molecule has 12 heteroatoms. The second kappa shape index (κ2) is 16.0. The first-order chi connectivity index (χ1) is 21.5. The highest BCUT2D eigenvalue weighted by atomic mass is 32.2. The Balaban J connectivity index is 2.15. The molecule has 0 spiro atoms. The molecule has 11 nitrogen and oxygen atoms in total. The number of ether oxygens (including phenoxy) is 4. The number of aryl methyl sites for hydroxylation is 1. The lowest BCUT2D eigenvalue weighted by molar-refractivity contribution is -0.139. The maximum atomic E-state index is 14.4. The van der Waals surface area contributed by atoms with Crippen LogP contribution in [-0.4, -0.2) is 72.7 Å². The number of unbranched alkanes of at least 4 members (excludes halogenated alkanes) is 1. The van der Waals surface area contributed by atoms with Crippen LogP contribution in [0.4, 0.5) is 5.69 Å². The highest BCUT2D eigenvalue weighted by Crippen LogP contribution is 2.37. The molecule has 0 heterocycles. The Morgan fingerprint density at radius 2 is 1.53 bits per heavy atom. The van der Waals surface area contributed by atoms with Crippen molar-refractivity contribution in [2.24, 2.45) is 0 Å². The van der Waals surface area contributed by atoms with Gasteiger partial charge < -0.3 is 29.2 Å². The van der Waals surface area contributed by atoms with Crippen LogP contribution in [0.2, 0.25) is 0 Å². The van der Waals surface area contributed by atoms with Crippen molar-refractivity contribution in [2.75, 3.05) is 45.8 Å². The number of rotatable bonds is 16. The number of carbonyl (C=O) groups excluding carboxylic acids is 2. The molecule has 1 N–H and O–H groups in total. The molecular weight excluding hydrogens is 598 g/mol. The van der Waals surface area contributed by atoms with E-state index in [1.165, 1.54) is 57.6 Å². The first-order valence-electron chi connectivity index (χ1n) is 14.6. The summed E-state index contributed by atoms with van der Waals surface area (Å²) in [5.74, 6) is 0.157. The van der Waals surface area contributed by atoms with Gasteiger partial charge in [0.1, 0.15) is 24.1 Å². The van der Waals surface area contributed by atoms with E-state index in [0.717, 1.165) is 28.3 Å². The molecule has 0 fully saturated rings. The number of nitrogens with zero attached hydrogens (tertiary/aromatic N) is 2. The molecule has 0 saturated carbocycles. The second-order valence-corrected chi connectivity index (χ2v) is 12.2. The van der Waals surface area contributed by atoms with Gasteiger partial charge in [-0.3, -0.25) is 13.9 Å². The van der Waals surface area contributed by atoms with E-state index in [4.69, 9.17) is 18.9 Å². The standard InChI is InChI=1S/C33H43N3O8S/c1-8-9-18-34-33(38)24(3)35(21-25-13-11-10-12-23(25)2)32(37)22-36(28-19-26(41-4)14-16-29(28)42-5)45(39,40)27-15-17-30(43-6)31(20-27)44-7/h10-17,19-20,24H,8-9,18,21-22H2,1-7H3,(H,34,38). The van der Waals surface area contributed by atoms with E-state index in [-0.39, 0.29) is 34.5 Å². The first-order valence-corrected chi connectivity index (χ1v) is 16.0. The zero-order valence-corrected chi connectivity index (χ0v) is 27.8. The van der Waals surface area contributed by atoms with E-state index in [1.54, 1.807) is 19.1 Å². The normalized spacial score (nSPS) is 11.7. The summed E-state index contributed by atoms with van der Waals surface area (Å²) < 4.78 is 51.3. The van der Waals surface area contributed by atoms with Crippen LogP contribution in [0.5, 0.6) is 23.0 Å². The van der Waals surface area contributed by atoms with Gasteiger partial charge in [-0.1, -0.05) is 37.6 Å². The quantitative estimate of drug-likeness (QED) is 0.226. The van der Waals surface area contributed by atoms with Gasteiger partial charge in [-0.05, 0) is 55.7 Å². The summed E-state index contributed by atoms with van der Waals surface area (Å²) >= 11 is 0. The Kier molecular flexibility index (Phi) is 12.5. The molecule has 0 aromatic heterocycles. The highest BCUT2D eigenvalue weighted by Gasteiger charge is 2.34. The lowest BCUT2D eigenvalue weighted by atomic mass is 10.1. The van der Waals surface area contributed by atoms with Crippen molar-refractivity contribution in [3.8, 4) is 23.0 Å². The van der Waals surface area contributed by atoms with Crippen LogP contribution in [0, 0.1) is 6.92 Å². The Hall–Kier alpha value is -4.45. The Morgan fingerprint density at radius 3 is 2.16 bits per heavy atom. The fraction of sp³-hybridized carbons (Fsp3) is 0.394. The third-order valence-corrected chi connectivity index (χ3v) is 9.23. The molecule has 1 unspecified atom stereocenters. The van der Waals surface area contributed by atoms with E-state index in [2.05, 4.69) is 5.32 Å². The Bertz CT molecular complexity index is 1580. The van der Waals surface area contributed by atoms with Crippen molar-refractivity contribution in [1.82, 2.24) is 10.2 Å². The number of carbonyl (C=O) groups is 2. The molecule has 0 aliphatic heterocycles. The minimum absolute atomic E-state index is 0.0795. The minimum atomic E-state index is -4.43. The van der Waals surface area contributed by atoms with Gasteiger partial charge in [0.25, 0.3) is 10.0 Å². The molecule has 244 valence electrons. The molecule has 0 aliphatic carbocycles. The SMILES string of the molecule is CCCCNC(=O)C(C)N(Cc1ccccc1C)C(=O)CN(c1cc(OC)ccc1OC)S(=O)(=O)c1ccc(OC)c(OC)c1. The van der Waals surface area contributed by atoms with Crippen LogP contribution >= 0.6 is 0 Å². The summed E-state index contributed by atoms with van der Waals surface area (Å²) in [6, 6.07) is 15.5. The summed E-state index contributed by atoms with van der Waals surface area (Å²) in [6.07, 6.45) is 1.68. The van der Waals surface area contributed by atoms with Gasteiger partial charge in [0.05, 0.1) is 39.0 Å². The van der Waals surface area contributed by atoms with E-state index in [1.807, 2.05) is 38.1 Å². The predicted octanol–water partition coefficient (Wildman–Crippen LogP) is 4.56. The number of amides is 2. The number of nitrogens with one attached hydrogen (secondary N) is 1. The summed E-state index contributed by atoms with van der Waals surface area (Å²) in [4.78, 5) is 28.8. The summed E-state index contributed by atoms with van der Waals surface area (Å²) in [6.45, 7) is 5.48. The lowest BCUT2D eigenvalue weighted by Crippen LogP contribution is -2.51. The fourth-order valence-corrected chi connectivity index (χ4v) is 6.13. The number of sulfonamides is 1. The van der Waals surface area contributed by atoms with Gasteiger partial charge in [-0.15, -0.1) is 0 Å². The van der Waals surface area contributed by atoms with Crippen molar-refractivity contribution >= 4 is 27.5 Å². The maximum Gasteiger partial charge on any atom is 0.265 e. The van der Waals surface area contributed by atoms with Crippen molar-refractivity contribution < 1.29 is 37.0 Å². The van der Waals surface area contributed by atoms with Crippen molar-refractivity contribution in [1.29, 1.82) is 0 Å². The van der Waals surface area contributed by atoms with E-state index in [9.17, 15) is 18.0 Å². The molecule has 3 aromatic rings. The lowest BCUT2D eigenvalue weighted by Gasteiger charge is -2.32. The Morgan fingerprint density at radius 1 is 0.867 bits per heavy atom. The number of hydrogen-bond donors (Lipinski definition) is 1. The zero-order valence-electron chi connectivity index (χ0n) is 27.0. The first kappa shape index (κ1) is 35.0. The molecule has 0 bridgehead atoms.